The van der Waals surface area contributed by atoms with Crippen molar-refractivity contribution in [2.45, 2.75) is 71.2 Å². The molecule has 0 bridgehead atoms. The van der Waals surface area contributed by atoms with Gasteiger partial charge in [0.25, 0.3) is 0 Å². The summed E-state index contributed by atoms with van der Waals surface area (Å²) < 4.78 is 5.60. The monoisotopic (exact) mass is 378 g/mol. The number of halogens is 1. The van der Waals surface area contributed by atoms with Crippen molar-refractivity contribution in [1.82, 2.24) is 9.80 Å². The van der Waals surface area contributed by atoms with Crippen LogP contribution >= 0.6 is 11.6 Å². The summed E-state index contributed by atoms with van der Waals surface area (Å²) in [4.78, 5) is 17.0. The van der Waals surface area contributed by atoms with Crippen molar-refractivity contribution in [3.63, 3.8) is 0 Å². The Morgan fingerprint density at radius 3 is 2.27 bits per heavy atom. The SMILES string of the molecule is C[C@@H]1CN(C(=O)OC(C)(C)C)[C@@H](C)CN1C(c1ccc(Cl)cc1)C1CC1. The third-order valence-corrected chi connectivity index (χ3v) is 5.55. The molecule has 3 atom stereocenters. The third kappa shape index (κ3) is 4.52. The fourth-order valence-electron chi connectivity index (χ4n) is 3.92. The van der Waals surface area contributed by atoms with E-state index in [1.54, 1.807) is 0 Å². The minimum Gasteiger partial charge on any atom is -0.444 e. The second-order valence-corrected chi connectivity index (χ2v) is 9.30. The summed E-state index contributed by atoms with van der Waals surface area (Å²) in [6.45, 7) is 11.6. The van der Waals surface area contributed by atoms with Crippen LogP contribution < -0.4 is 0 Å². The molecule has 0 spiro atoms. The molecule has 0 radical (unpaired) electrons. The fraction of sp³-hybridized carbons (Fsp3) is 0.667. The fourth-order valence-corrected chi connectivity index (χ4v) is 4.05. The molecule has 1 aliphatic carbocycles. The summed E-state index contributed by atoms with van der Waals surface area (Å²) in [6, 6.07) is 9.11. The van der Waals surface area contributed by atoms with Gasteiger partial charge in [0.05, 0.1) is 0 Å². The van der Waals surface area contributed by atoms with Gasteiger partial charge in [-0.3, -0.25) is 4.90 Å². The van der Waals surface area contributed by atoms with Crippen molar-refractivity contribution in [1.29, 1.82) is 0 Å². The zero-order valence-corrected chi connectivity index (χ0v) is 17.3. The van der Waals surface area contributed by atoms with E-state index in [0.717, 1.165) is 11.6 Å². The molecule has 4 nitrogen and oxygen atoms in total. The van der Waals surface area contributed by atoms with Gasteiger partial charge in [0, 0.05) is 36.2 Å². The molecule has 3 rings (SSSR count). The van der Waals surface area contributed by atoms with Crippen LogP contribution in [0.1, 0.15) is 59.1 Å². The first-order chi connectivity index (χ1) is 12.2. The Morgan fingerprint density at radius 2 is 1.73 bits per heavy atom. The molecule has 1 saturated carbocycles. The number of carbonyl (C=O) groups excluding carboxylic acids is 1. The molecule has 0 aromatic heterocycles. The van der Waals surface area contributed by atoms with Crippen molar-refractivity contribution in [3.05, 3.63) is 34.9 Å². The number of benzene rings is 1. The van der Waals surface area contributed by atoms with Crippen LogP contribution in [0.4, 0.5) is 4.79 Å². The van der Waals surface area contributed by atoms with Gasteiger partial charge in [0.2, 0.25) is 0 Å². The molecular formula is C21H31ClN2O2. The van der Waals surface area contributed by atoms with Gasteiger partial charge in [0.1, 0.15) is 5.60 Å². The maximum atomic E-state index is 12.6. The standard InChI is InChI=1S/C21H31ClN2O2/c1-14-13-24(20(25)26-21(3,4)5)15(2)12-23(14)19(16-6-7-16)17-8-10-18(22)11-9-17/h8-11,14-16,19H,6-7,12-13H2,1-5H3/t14-,15+,19?/m1/s1. The average Bonchev–Trinajstić information content (AvgIpc) is 3.35. The zero-order valence-electron chi connectivity index (χ0n) is 16.5. The Morgan fingerprint density at radius 1 is 1.12 bits per heavy atom. The highest BCUT2D eigenvalue weighted by molar-refractivity contribution is 6.30. The molecule has 2 aliphatic rings. The van der Waals surface area contributed by atoms with Crippen LogP contribution in [0.5, 0.6) is 0 Å². The van der Waals surface area contributed by atoms with Crippen LogP contribution in [0, 0.1) is 5.92 Å². The molecule has 1 amide bonds. The largest absolute Gasteiger partial charge is 0.444 e. The molecule has 5 heteroatoms. The lowest BCUT2D eigenvalue weighted by Crippen LogP contribution is -2.59. The summed E-state index contributed by atoms with van der Waals surface area (Å²) in [5, 5.41) is 0.777. The van der Waals surface area contributed by atoms with Gasteiger partial charge in [0.15, 0.2) is 0 Å². The van der Waals surface area contributed by atoms with E-state index in [1.807, 2.05) is 37.8 Å². The minimum absolute atomic E-state index is 0.134. The second-order valence-electron chi connectivity index (χ2n) is 8.86. The van der Waals surface area contributed by atoms with E-state index < -0.39 is 5.60 Å². The van der Waals surface area contributed by atoms with E-state index in [-0.39, 0.29) is 12.1 Å². The van der Waals surface area contributed by atoms with Crippen molar-refractivity contribution in [3.8, 4) is 0 Å². The van der Waals surface area contributed by atoms with Gasteiger partial charge in [-0.25, -0.2) is 4.79 Å². The number of hydrogen-bond acceptors (Lipinski definition) is 3. The van der Waals surface area contributed by atoms with Gasteiger partial charge < -0.3 is 9.64 Å². The Bertz CT molecular complexity index is 636. The molecule has 0 N–H and O–H groups in total. The Kier molecular flexibility index (Phi) is 5.55. The molecule has 26 heavy (non-hydrogen) atoms. The van der Waals surface area contributed by atoms with E-state index in [2.05, 4.69) is 30.9 Å². The van der Waals surface area contributed by atoms with E-state index >= 15 is 0 Å². The van der Waals surface area contributed by atoms with Gasteiger partial charge in [-0.2, -0.15) is 0 Å². The van der Waals surface area contributed by atoms with Crippen LogP contribution in [-0.4, -0.2) is 46.7 Å². The molecular weight excluding hydrogens is 348 g/mol. The number of rotatable bonds is 3. The number of carbonyl (C=O) groups is 1. The lowest BCUT2D eigenvalue weighted by atomic mass is 9.96. The molecule has 2 fully saturated rings. The topological polar surface area (TPSA) is 32.8 Å². The minimum atomic E-state index is -0.461. The smallest absolute Gasteiger partial charge is 0.410 e. The third-order valence-electron chi connectivity index (χ3n) is 5.30. The summed E-state index contributed by atoms with van der Waals surface area (Å²) in [5.41, 5.74) is 0.874. The lowest BCUT2D eigenvalue weighted by Gasteiger charge is -2.47. The lowest BCUT2D eigenvalue weighted by molar-refractivity contribution is -0.0228. The summed E-state index contributed by atoms with van der Waals surface area (Å²) in [5.74, 6) is 0.707. The van der Waals surface area contributed by atoms with E-state index in [4.69, 9.17) is 16.3 Å². The predicted octanol–water partition coefficient (Wildman–Crippen LogP) is 5.12. The second kappa shape index (κ2) is 7.40. The Hall–Kier alpha value is -1.26. The van der Waals surface area contributed by atoms with E-state index in [9.17, 15) is 4.79 Å². The average molecular weight is 379 g/mol. The van der Waals surface area contributed by atoms with Crippen molar-refractivity contribution in [2.24, 2.45) is 5.92 Å². The first kappa shape index (κ1) is 19.5. The summed E-state index contributed by atoms with van der Waals surface area (Å²) >= 11 is 6.08. The molecule has 1 heterocycles. The van der Waals surface area contributed by atoms with Crippen molar-refractivity contribution < 1.29 is 9.53 Å². The molecule has 144 valence electrons. The maximum absolute atomic E-state index is 12.6. The highest BCUT2D eigenvalue weighted by Crippen LogP contribution is 2.46. The first-order valence-electron chi connectivity index (χ1n) is 9.66. The Balaban J connectivity index is 1.75. The number of piperazine rings is 1. The first-order valence-corrected chi connectivity index (χ1v) is 10.0. The van der Waals surface area contributed by atoms with Crippen molar-refractivity contribution in [2.75, 3.05) is 13.1 Å². The van der Waals surface area contributed by atoms with Crippen LogP contribution in [0.3, 0.4) is 0 Å². The summed E-state index contributed by atoms with van der Waals surface area (Å²) in [6.07, 6.45) is 2.35. The zero-order chi connectivity index (χ0) is 19.1. The van der Waals surface area contributed by atoms with E-state index in [0.29, 0.717) is 24.5 Å². The van der Waals surface area contributed by atoms with Crippen LogP contribution in [0.2, 0.25) is 5.02 Å². The normalized spacial score (nSPS) is 25.8. The number of amides is 1. The van der Waals surface area contributed by atoms with Crippen LogP contribution in [0.25, 0.3) is 0 Å². The van der Waals surface area contributed by atoms with E-state index in [1.165, 1.54) is 18.4 Å². The van der Waals surface area contributed by atoms with Crippen molar-refractivity contribution >= 4 is 17.7 Å². The number of nitrogens with zero attached hydrogens (tertiary/aromatic N) is 2. The molecule has 1 unspecified atom stereocenters. The summed E-state index contributed by atoms with van der Waals surface area (Å²) in [7, 11) is 0. The highest BCUT2D eigenvalue weighted by Gasteiger charge is 2.43. The van der Waals surface area contributed by atoms with Gasteiger partial charge in [-0.15, -0.1) is 0 Å². The predicted molar refractivity (Wildman–Crippen MR) is 105 cm³/mol. The molecule has 1 aromatic carbocycles. The van der Waals surface area contributed by atoms with Crippen LogP contribution in [-0.2, 0) is 4.74 Å². The van der Waals surface area contributed by atoms with Crippen LogP contribution in [0.15, 0.2) is 24.3 Å². The molecule has 1 aliphatic heterocycles. The molecule has 1 saturated heterocycles. The van der Waals surface area contributed by atoms with Gasteiger partial charge in [-0.1, -0.05) is 23.7 Å². The highest BCUT2D eigenvalue weighted by atomic mass is 35.5. The molecule has 1 aromatic rings. The Labute approximate surface area is 162 Å². The maximum Gasteiger partial charge on any atom is 0.410 e. The van der Waals surface area contributed by atoms with Gasteiger partial charge >= 0.3 is 6.09 Å². The van der Waals surface area contributed by atoms with Gasteiger partial charge in [-0.05, 0) is 71.1 Å². The number of hydrogen-bond donors (Lipinski definition) is 0. The number of ether oxygens (including phenoxy) is 1. The quantitative estimate of drug-likeness (QED) is 0.731.